The maximum atomic E-state index is 11.9. The van der Waals surface area contributed by atoms with E-state index in [1.54, 1.807) is 16.7 Å². The minimum Gasteiger partial charge on any atom is -0.346 e. The Hall–Kier alpha value is -1.44. The van der Waals surface area contributed by atoms with Gasteiger partial charge in [0, 0.05) is 26.5 Å². The molecule has 1 aromatic carbocycles. The Kier molecular flexibility index (Phi) is 4.65. The highest BCUT2D eigenvalue weighted by molar-refractivity contribution is 7.91. The van der Waals surface area contributed by atoms with Crippen molar-refractivity contribution < 1.29 is 17.9 Å². The van der Waals surface area contributed by atoms with E-state index in [1.165, 1.54) is 6.26 Å². The maximum Gasteiger partial charge on any atom is 0.217 e. The molecule has 1 heterocycles. The van der Waals surface area contributed by atoms with E-state index in [1.807, 2.05) is 27.0 Å². The fourth-order valence-corrected chi connectivity index (χ4v) is 3.04. The molecule has 0 spiro atoms. The molecule has 0 saturated carbocycles. The summed E-state index contributed by atoms with van der Waals surface area (Å²) in [5, 5.41) is 0. The van der Waals surface area contributed by atoms with Crippen LogP contribution in [-0.4, -0.2) is 37.4 Å². The molecule has 6 nitrogen and oxygen atoms in total. The molecule has 0 amide bonds. The normalized spacial score (nSPS) is 12.4. The third-order valence-corrected chi connectivity index (χ3v) is 4.28. The first-order valence-corrected chi connectivity index (χ1v) is 8.67. The molecule has 1 aromatic heterocycles. The number of fused-ring (bicyclic) bond motifs is 1. The quantitative estimate of drug-likeness (QED) is 0.764. The van der Waals surface area contributed by atoms with Crippen LogP contribution in [0, 0.1) is 0 Å². The fraction of sp³-hybridized carbons (Fsp3) is 0.500. The zero-order valence-electron chi connectivity index (χ0n) is 12.7. The van der Waals surface area contributed by atoms with Crippen molar-refractivity contribution in [2.24, 2.45) is 7.05 Å². The molecule has 21 heavy (non-hydrogen) atoms. The molecule has 0 aliphatic heterocycles. The van der Waals surface area contributed by atoms with E-state index in [9.17, 15) is 8.42 Å². The summed E-state index contributed by atoms with van der Waals surface area (Å²) in [5.41, 5.74) is 1.18. The van der Waals surface area contributed by atoms with Gasteiger partial charge < -0.3 is 14.0 Å². The van der Waals surface area contributed by atoms with Crippen LogP contribution in [0.25, 0.3) is 11.0 Å². The second-order valence-corrected chi connectivity index (χ2v) is 6.65. The minimum atomic E-state index is -3.34. The van der Waals surface area contributed by atoms with Crippen LogP contribution in [-0.2, 0) is 26.4 Å². The van der Waals surface area contributed by atoms with Crippen molar-refractivity contribution in [3.05, 3.63) is 24.0 Å². The smallest absolute Gasteiger partial charge is 0.217 e. The molecular formula is C14H20N2O4S. The zero-order valence-corrected chi connectivity index (χ0v) is 13.5. The van der Waals surface area contributed by atoms with Gasteiger partial charge in [-0.05, 0) is 26.0 Å². The third kappa shape index (κ3) is 3.09. The summed E-state index contributed by atoms with van der Waals surface area (Å²) in [6.07, 6.45) is 0.573. The van der Waals surface area contributed by atoms with E-state index in [-0.39, 0.29) is 4.90 Å². The van der Waals surface area contributed by atoms with Gasteiger partial charge in [0.25, 0.3) is 0 Å². The van der Waals surface area contributed by atoms with Gasteiger partial charge in [0.1, 0.15) is 5.52 Å². The molecule has 0 aliphatic rings. The lowest BCUT2D eigenvalue weighted by Gasteiger charge is -2.16. The van der Waals surface area contributed by atoms with Crippen LogP contribution >= 0.6 is 0 Å². The zero-order chi connectivity index (χ0) is 15.6. The van der Waals surface area contributed by atoms with E-state index in [2.05, 4.69) is 4.98 Å². The lowest BCUT2D eigenvalue weighted by molar-refractivity contribution is -0.146. The Morgan fingerprint density at radius 2 is 1.86 bits per heavy atom. The number of nitrogens with zero attached hydrogens (tertiary/aromatic N) is 2. The van der Waals surface area contributed by atoms with Gasteiger partial charge in [-0.1, -0.05) is 6.07 Å². The first-order chi connectivity index (χ1) is 9.90. The van der Waals surface area contributed by atoms with Crippen molar-refractivity contribution >= 4 is 20.9 Å². The van der Waals surface area contributed by atoms with Crippen molar-refractivity contribution in [2.45, 2.75) is 25.0 Å². The van der Waals surface area contributed by atoms with Crippen LogP contribution in [0.4, 0.5) is 0 Å². The molecule has 0 fully saturated rings. The van der Waals surface area contributed by atoms with Gasteiger partial charge >= 0.3 is 0 Å². The molecule has 0 bridgehead atoms. The number of aryl methyl sites for hydroxylation is 1. The Morgan fingerprint density at radius 3 is 2.38 bits per heavy atom. The van der Waals surface area contributed by atoms with Crippen molar-refractivity contribution in [3.63, 3.8) is 0 Å². The summed E-state index contributed by atoms with van der Waals surface area (Å²) in [7, 11) is -1.52. The number of benzene rings is 1. The average Bonchev–Trinajstić information content (AvgIpc) is 2.75. The summed E-state index contributed by atoms with van der Waals surface area (Å²) in [6, 6.07) is 5.10. The largest absolute Gasteiger partial charge is 0.346 e. The highest BCUT2D eigenvalue weighted by Crippen LogP contribution is 2.27. The van der Waals surface area contributed by atoms with Gasteiger partial charge in [-0.3, -0.25) is 0 Å². The number of hydrogen-bond acceptors (Lipinski definition) is 5. The molecule has 2 rings (SSSR count). The predicted octanol–water partition coefficient (Wildman–Crippen LogP) is 2.05. The summed E-state index contributed by atoms with van der Waals surface area (Å²) in [6.45, 7) is 4.70. The number of sulfone groups is 1. The maximum absolute atomic E-state index is 11.9. The topological polar surface area (TPSA) is 70.4 Å². The average molecular weight is 312 g/mol. The molecule has 0 aliphatic carbocycles. The number of ether oxygens (including phenoxy) is 2. The summed E-state index contributed by atoms with van der Waals surface area (Å²) in [4.78, 5) is 4.67. The van der Waals surface area contributed by atoms with E-state index >= 15 is 0 Å². The molecular weight excluding hydrogens is 292 g/mol. The van der Waals surface area contributed by atoms with Crippen LogP contribution < -0.4 is 0 Å². The van der Waals surface area contributed by atoms with Gasteiger partial charge in [-0.2, -0.15) is 0 Å². The lowest BCUT2D eigenvalue weighted by atomic mass is 10.3. The Balaban J connectivity index is 2.65. The molecule has 0 saturated heterocycles. The monoisotopic (exact) mass is 312 g/mol. The first kappa shape index (κ1) is 15.9. The van der Waals surface area contributed by atoms with E-state index in [4.69, 9.17) is 9.47 Å². The second-order valence-electron chi connectivity index (χ2n) is 4.67. The van der Waals surface area contributed by atoms with Crippen LogP contribution in [0.15, 0.2) is 23.1 Å². The first-order valence-electron chi connectivity index (χ1n) is 6.78. The second kappa shape index (κ2) is 6.13. The molecule has 0 unspecified atom stereocenters. The number of para-hydroxylation sites is 1. The van der Waals surface area contributed by atoms with Crippen LogP contribution in [0.5, 0.6) is 0 Å². The SMILES string of the molecule is CCOC(OCC)c1nc2c(S(C)(=O)=O)cccc2n1C. The fourth-order valence-electron chi connectivity index (χ4n) is 2.22. The van der Waals surface area contributed by atoms with Crippen LogP contribution in [0.2, 0.25) is 0 Å². The lowest BCUT2D eigenvalue weighted by Crippen LogP contribution is -2.13. The molecule has 116 valence electrons. The van der Waals surface area contributed by atoms with E-state index in [0.717, 1.165) is 5.52 Å². The number of hydrogen-bond donors (Lipinski definition) is 0. The van der Waals surface area contributed by atoms with Crippen molar-refractivity contribution in [3.8, 4) is 0 Å². The molecule has 0 radical (unpaired) electrons. The summed E-state index contributed by atoms with van der Waals surface area (Å²) < 4.78 is 36.7. The number of imidazole rings is 1. The Labute approximate surface area is 124 Å². The van der Waals surface area contributed by atoms with Gasteiger partial charge in [-0.15, -0.1) is 0 Å². The molecule has 0 N–H and O–H groups in total. The van der Waals surface area contributed by atoms with Crippen molar-refractivity contribution in [1.82, 2.24) is 9.55 Å². The van der Waals surface area contributed by atoms with Gasteiger partial charge in [0.2, 0.25) is 6.29 Å². The Bertz CT molecular complexity index is 731. The number of rotatable bonds is 6. The molecule has 2 aromatic rings. The highest BCUT2D eigenvalue weighted by Gasteiger charge is 2.22. The summed E-state index contributed by atoms with van der Waals surface area (Å²) in [5.74, 6) is 0.560. The Morgan fingerprint density at radius 1 is 1.24 bits per heavy atom. The van der Waals surface area contributed by atoms with Gasteiger partial charge in [-0.25, -0.2) is 13.4 Å². The predicted molar refractivity (Wildman–Crippen MR) is 79.8 cm³/mol. The van der Waals surface area contributed by atoms with E-state index in [0.29, 0.717) is 24.6 Å². The number of aromatic nitrogens is 2. The summed E-state index contributed by atoms with van der Waals surface area (Å²) >= 11 is 0. The minimum absolute atomic E-state index is 0.216. The van der Waals surface area contributed by atoms with Crippen molar-refractivity contribution in [2.75, 3.05) is 19.5 Å². The van der Waals surface area contributed by atoms with Crippen LogP contribution in [0.1, 0.15) is 26.0 Å². The van der Waals surface area contributed by atoms with Crippen molar-refractivity contribution in [1.29, 1.82) is 0 Å². The van der Waals surface area contributed by atoms with E-state index < -0.39 is 16.1 Å². The van der Waals surface area contributed by atoms with Gasteiger partial charge in [0.15, 0.2) is 15.7 Å². The van der Waals surface area contributed by atoms with Crippen LogP contribution in [0.3, 0.4) is 0 Å². The van der Waals surface area contributed by atoms with Gasteiger partial charge in [0.05, 0.1) is 10.4 Å². The highest BCUT2D eigenvalue weighted by atomic mass is 32.2. The third-order valence-electron chi connectivity index (χ3n) is 3.16. The molecule has 7 heteroatoms. The standard InChI is InChI=1S/C14H20N2O4S/c1-5-19-14(20-6-2)13-15-12-10(16(13)3)8-7-9-11(12)21(4,17)18/h7-9,14H,5-6H2,1-4H3. The molecule has 0 atom stereocenters.